The fourth-order valence-electron chi connectivity index (χ4n) is 2.85. The first-order valence-electron chi connectivity index (χ1n) is 9.25. The van der Waals surface area contributed by atoms with Gasteiger partial charge in [-0.2, -0.15) is 0 Å². The van der Waals surface area contributed by atoms with Crippen LogP contribution in [0.5, 0.6) is 5.75 Å². The number of hydrogen-bond donors (Lipinski definition) is 1. The lowest BCUT2D eigenvalue weighted by atomic mass is 10.1. The van der Waals surface area contributed by atoms with Gasteiger partial charge in [0.25, 0.3) is 0 Å². The van der Waals surface area contributed by atoms with Gasteiger partial charge in [-0.25, -0.2) is 9.59 Å². The van der Waals surface area contributed by atoms with E-state index in [0.717, 1.165) is 0 Å². The Labute approximate surface area is 168 Å². The van der Waals surface area contributed by atoms with Gasteiger partial charge in [0, 0.05) is 17.3 Å². The molecule has 0 aliphatic heterocycles. The number of carbonyl (C=O) groups excluding carboxylic acids is 2. The Balaban J connectivity index is 2.04. The van der Waals surface area contributed by atoms with E-state index in [4.69, 9.17) is 14.2 Å². The summed E-state index contributed by atoms with van der Waals surface area (Å²) in [5.74, 6) is -0.221. The maximum absolute atomic E-state index is 12.5. The van der Waals surface area contributed by atoms with Gasteiger partial charge >= 0.3 is 11.9 Å². The Morgan fingerprint density at radius 2 is 1.66 bits per heavy atom. The Bertz CT molecular complexity index is 1030. The van der Waals surface area contributed by atoms with Crippen LogP contribution in [0.15, 0.2) is 48.7 Å². The molecule has 0 aliphatic rings. The minimum Gasteiger partial charge on any atom is -0.497 e. The number of methoxy groups -OCH3 is 1. The molecule has 2 aromatic carbocycles. The number of nitrogens with zero attached hydrogens (tertiary/aromatic N) is 1. The number of carbonyl (C=O) groups is 2. The molecule has 7 heteroatoms. The first-order valence-corrected chi connectivity index (χ1v) is 9.25. The number of esters is 2. The van der Waals surface area contributed by atoms with Crippen LogP contribution in [0.4, 0.5) is 11.4 Å². The topological polar surface area (TPSA) is 86.8 Å². The van der Waals surface area contributed by atoms with Crippen molar-refractivity contribution >= 4 is 34.2 Å². The molecular formula is C22H22N2O5. The van der Waals surface area contributed by atoms with E-state index in [9.17, 15) is 9.59 Å². The summed E-state index contributed by atoms with van der Waals surface area (Å²) in [7, 11) is 1.57. The van der Waals surface area contributed by atoms with Crippen molar-refractivity contribution in [2.45, 2.75) is 13.8 Å². The highest BCUT2D eigenvalue weighted by atomic mass is 16.5. The molecule has 0 atom stereocenters. The standard InChI is InChI=1S/C22H22N2O5/c1-4-28-21(25)14-6-8-15(9-7-14)24-20-17-12-16(27-3)10-11-19(17)23-13-18(20)22(26)29-5-2/h6-13H,4-5H2,1-3H3,(H,23,24). The zero-order valence-electron chi connectivity index (χ0n) is 16.5. The lowest BCUT2D eigenvalue weighted by Crippen LogP contribution is -2.09. The predicted molar refractivity (Wildman–Crippen MR) is 110 cm³/mol. The number of aromatic nitrogens is 1. The molecule has 0 fully saturated rings. The normalized spacial score (nSPS) is 10.4. The highest BCUT2D eigenvalue weighted by Crippen LogP contribution is 2.32. The van der Waals surface area contributed by atoms with Crippen LogP contribution in [0.3, 0.4) is 0 Å². The van der Waals surface area contributed by atoms with Crippen molar-refractivity contribution in [3.05, 3.63) is 59.8 Å². The summed E-state index contributed by atoms with van der Waals surface area (Å²) in [6.07, 6.45) is 1.49. The van der Waals surface area contributed by atoms with E-state index in [1.807, 2.05) is 6.07 Å². The molecule has 0 unspecified atom stereocenters. The molecule has 0 amide bonds. The van der Waals surface area contributed by atoms with Gasteiger partial charge in [-0.1, -0.05) is 0 Å². The van der Waals surface area contributed by atoms with Crippen LogP contribution < -0.4 is 10.1 Å². The van der Waals surface area contributed by atoms with Gasteiger partial charge in [0.2, 0.25) is 0 Å². The van der Waals surface area contributed by atoms with Gasteiger partial charge in [0.15, 0.2) is 0 Å². The van der Waals surface area contributed by atoms with Gasteiger partial charge in [-0.05, 0) is 56.3 Å². The number of anilines is 2. The lowest BCUT2D eigenvalue weighted by molar-refractivity contribution is 0.0517. The number of rotatable bonds is 7. The second-order valence-electron chi connectivity index (χ2n) is 6.07. The van der Waals surface area contributed by atoms with Gasteiger partial charge in [-0.3, -0.25) is 4.98 Å². The molecule has 0 aliphatic carbocycles. The summed E-state index contributed by atoms with van der Waals surface area (Å²) in [6.45, 7) is 4.07. The van der Waals surface area contributed by atoms with Crippen LogP contribution in [0.2, 0.25) is 0 Å². The van der Waals surface area contributed by atoms with Crippen molar-refractivity contribution in [1.82, 2.24) is 4.98 Å². The minimum atomic E-state index is -0.477. The Morgan fingerprint density at radius 1 is 0.966 bits per heavy atom. The maximum atomic E-state index is 12.5. The Kier molecular flexibility index (Phi) is 6.29. The molecule has 0 saturated carbocycles. The molecule has 1 heterocycles. The van der Waals surface area contributed by atoms with Crippen LogP contribution in [0.25, 0.3) is 10.9 Å². The van der Waals surface area contributed by atoms with Gasteiger partial charge in [-0.15, -0.1) is 0 Å². The van der Waals surface area contributed by atoms with Crippen LogP contribution in [-0.2, 0) is 9.47 Å². The average molecular weight is 394 g/mol. The summed E-state index contributed by atoms with van der Waals surface area (Å²) >= 11 is 0. The summed E-state index contributed by atoms with van der Waals surface area (Å²) in [6, 6.07) is 12.2. The molecule has 29 heavy (non-hydrogen) atoms. The summed E-state index contributed by atoms with van der Waals surface area (Å²) < 4.78 is 15.5. The second kappa shape index (κ2) is 9.05. The molecule has 0 saturated heterocycles. The Morgan fingerprint density at radius 3 is 2.31 bits per heavy atom. The van der Waals surface area contributed by atoms with Crippen molar-refractivity contribution in [1.29, 1.82) is 0 Å². The largest absolute Gasteiger partial charge is 0.497 e. The van der Waals surface area contributed by atoms with E-state index in [1.54, 1.807) is 57.4 Å². The third kappa shape index (κ3) is 4.45. The number of fused-ring (bicyclic) bond motifs is 1. The SMILES string of the molecule is CCOC(=O)c1ccc(Nc2c(C(=O)OCC)cnc3ccc(OC)cc23)cc1. The number of hydrogen-bond acceptors (Lipinski definition) is 7. The molecule has 3 rings (SSSR count). The molecule has 7 nitrogen and oxygen atoms in total. The average Bonchev–Trinajstić information content (AvgIpc) is 2.74. The molecular weight excluding hydrogens is 372 g/mol. The van der Waals surface area contributed by atoms with Crippen LogP contribution in [0.1, 0.15) is 34.6 Å². The number of nitrogens with one attached hydrogen (secondary N) is 1. The minimum absolute atomic E-state index is 0.253. The Hall–Kier alpha value is -3.61. The van der Waals surface area contributed by atoms with Crippen molar-refractivity contribution in [3.63, 3.8) is 0 Å². The van der Waals surface area contributed by atoms with Crippen molar-refractivity contribution < 1.29 is 23.8 Å². The lowest BCUT2D eigenvalue weighted by Gasteiger charge is -2.15. The van der Waals surface area contributed by atoms with Crippen LogP contribution >= 0.6 is 0 Å². The third-order valence-corrected chi connectivity index (χ3v) is 4.24. The smallest absolute Gasteiger partial charge is 0.341 e. The number of pyridine rings is 1. The van der Waals surface area contributed by atoms with Gasteiger partial charge in [0.05, 0.1) is 37.1 Å². The predicted octanol–water partition coefficient (Wildman–Crippen LogP) is 4.34. The zero-order chi connectivity index (χ0) is 20.8. The van der Waals surface area contributed by atoms with E-state index in [-0.39, 0.29) is 12.6 Å². The van der Waals surface area contributed by atoms with E-state index in [2.05, 4.69) is 10.3 Å². The van der Waals surface area contributed by atoms with Crippen molar-refractivity contribution in [2.75, 3.05) is 25.6 Å². The monoisotopic (exact) mass is 394 g/mol. The second-order valence-corrected chi connectivity index (χ2v) is 6.07. The van der Waals surface area contributed by atoms with Gasteiger partial charge in [0.1, 0.15) is 11.3 Å². The number of benzene rings is 2. The molecule has 0 spiro atoms. The van der Waals surface area contributed by atoms with Crippen LogP contribution in [0, 0.1) is 0 Å². The van der Waals surface area contributed by atoms with Crippen molar-refractivity contribution in [2.24, 2.45) is 0 Å². The molecule has 0 bridgehead atoms. The molecule has 1 N–H and O–H groups in total. The van der Waals surface area contributed by atoms with Crippen molar-refractivity contribution in [3.8, 4) is 5.75 Å². The summed E-state index contributed by atoms with van der Waals surface area (Å²) in [5.41, 5.74) is 2.70. The van der Waals surface area contributed by atoms with E-state index < -0.39 is 5.97 Å². The molecule has 0 radical (unpaired) electrons. The fraction of sp³-hybridized carbons (Fsp3) is 0.227. The molecule has 150 valence electrons. The highest BCUT2D eigenvalue weighted by molar-refractivity contribution is 6.06. The fourth-order valence-corrected chi connectivity index (χ4v) is 2.85. The first-order chi connectivity index (χ1) is 14.1. The summed E-state index contributed by atoms with van der Waals surface area (Å²) in [4.78, 5) is 28.7. The molecule has 3 aromatic rings. The van der Waals surface area contributed by atoms with E-state index in [0.29, 0.717) is 45.8 Å². The van der Waals surface area contributed by atoms with Crippen LogP contribution in [-0.4, -0.2) is 37.2 Å². The number of ether oxygens (including phenoxy) is 3. The maximum Gasteiger partial charge on any atom is 0.341 e. The van der Waals surface area contributed by atoms with E-state index in [1.165, 1.54) is 6.20 Å². The van der Waals surface area contributed by atoms with E-state index >= 15 is 0 Å². The summed E-state index contributed by atoms with van der Waals surface area (Å²) in [5, 5.41) is 3.97. The first kappa shape index (κ1) is 20.1. The zero-order valence-corrected chi connectivity index (χ0v) is 16.5. The quantitative estimate of drug-likeness (QED) is 0.597. The molecule has 1 aromatic heterocycles. The highest BCUT2D eigenvalue weighted by Gasteiger charge is 2.18. The third-order valence-electron chi connectivity index (χ3n) is 4.24. The van der Waals surface area contributed by atoms with Gasteiger partial charge < -0.3 is 19.5 Å².